The molecule has 3 nitrogen and oxygen atoms in total. The average molecular weight is 347 g/mol. The maximum atomic E-state index is 6.41. The van der Waals surface area contributed by atoms with Gasteiger partial charge >= 0.3 is 0 Å². The second-order valence-corrected chi connectivity index (χ2v) is 8.88. The van der Waals surface area contributed by atoms with E-state index in [2.05, 4.69) is 28.9 Å². The Kier molecular flexibility index (Phi) is 3.62. The number of piperidine rings is 3. The first kappa shape index (κ1) is 15.5. The molecule has 5 fully saturated rings. The lowest BCUT2D eigenvalue weighted by Crippen LogP contribution is -2.69. The summed E-state index contributed by atoms with van der Waals surface area (Å²) in [6.07, 6.45) is 8.62. The molecule has 5 aliphatic heterocycles. The van der Waals surface area contributed by atoms with Gasteiger partial charge in [-0.2, -0.15) is 0 Å². The van der Waals surface area contributed by atoms with Gasteiger partial charge in [0.05, 0.1) is 22.9 Å². The Labute approximate surface area is 149 Å². The van der Waals surface area contributed by atoms with Crippen LogP contribution in [0.1, 0.15) is 45.4 Å². The van der Waals surface area contributed by atoms with Gasteiger partial charge in [-0.05, 0) is 57.6 Å². The zero-order valence-corrected chi connectivity index (χ0v) is 15.2. The molecule has 5 aliphatic rings. The van der Waals surface area contributed by atoms with E-state index in [0.717, 1.165) is 30.2 Å². The molecule has 24 heavy (non-hydrogen) atoms. The highest BCUT2D eigenvalue weighted by molar-refractivity contribution is 6.33. The quantitative estimate of drug-likeness (QED) is 0.802. The smallest absolute Gasteiger partial charge is 0.0639 e. The summed E-state index contributed by atoms with van der Waals surface area (Å²) in [4.78, 5) is 5.40. The number of nitrogens with zero attached hydrogens (tertiary/aromatic N) is 2. The summed E-state index contributed by atoms with van der Waals surface area (Å²) < 4.78 is 6.13. The number of halogens is 1. The molecule has 0 aromatic heterocycles. The van der Waals surface area contributed by atoms with Crippen LogP contribution in [0.15, 0.2) is 24.3 Å². The molecule has 0 atom stereocenters. The number of para-hydroxylation sites is 1. The molecule has 130 valence electrons. The van der Waals surface area contributed by atoms with E-state index in [1.54, 1.807) is 0 Å². The van der Waals surface area contributed by atoms with E-state index >= 15 is 0 Å². The third kappa shape index (κ3) is 2.40. The number of hydrogen-bond acceptors (Lipinski definition) is 3. The molecule has 6 rings (SSSR count). The van der Waals surface area contributed by atoms with Crippen LogP contribution in [0.3, 0.4) is 0 Å². The average Bonchev–Trinajstić information content (AvgIpc) is 2.55. The van der Waals surface area contributed by atoms with Gasteiger partial charge in [0.2, 0.25) is 0 Å². The molecule has 0 amide bonds. The normalized spacial score (nSPS) is 37.8. The van der Waals surface area contributed by atoms with Crippen molar-refractivity contribution in [3.63, 3.8) is 0 Å². The fourth-order valence-electron chi connectivity index (χ4n) is 5.92. The van der Waals surface area contributed by atoms with Crippen LogP contribution in [0, 0.1) is 0 Å². The van der Waals surface area contributed by atoms with Crippen molar-refractivity contribution < 1.29 is 4.74 Å². The number of benzene rings is 1. The van der Waals surface area contributed by atoms with Crippen molar-refractivity contribution >= 4 is 17.3 Å². The maximum Gasteiger partial charge on any atom is 0.0639 e. The fourth-order valence-corrected chi connectivity index (χ4v) is 6.18. The minimum Gasteiger partial charge on any atom is -0.375 e. The molecule has 0 aliphatic carbocycles. The SMILES string of the molecule is CC1(N2C3CC4CC2CC(C3)O4)CCN(c2ccccc2Cl)CC1. The molecule has 0 spiro atoms. The van der Waals surface area contributed by atoms with Gasteiger partial charge in [-0.1, -0.05) is 23.7 Å². The third-order valence-corrected chi connectivity index (χ3v) is 7.29. The summed E-state index contributed by atoms with van der Waals surface area (Å²) in [5, 5.41) is 0.883. The second kappa shape index (κ2) is 5.62. The molecule has 0 unspecified atom stereocenters. The van der Waals surface area contributed by atoms with E-state index in [9.17, 15) is 0 Å². The molecule has 1 aromatic carbocycles. The highest BCUT2D eigenvalue weighted by Crippen LogP contribution is 2.48. The van der Waals surface area contributed by atoms with Gasteiger partial charge in [0.1, 0.15) is 0 Å². The van der Waals surface area contributed by atoms with Crippen molar-refractivity contribution in [3.8, 4) is 0 Å². The van der Waals surface area contributed by atoms with Gasteiger partial charge in [-0.15, -0.1) is 0 Å². The topological polar surface area (TPSA) is 15.7 Å². The van der Waals surface area contributed by atoms with Gasteiger partial charge in [-0.3, -0.25) is 4.90 Å². The third-order valence-electron chi connectivity index (χ3n) is 6.97. The van der Waals surface area contributed by atoms with E-state index < -0.39 is 0 Å². The predicted octanol–water partition coefficient (Wildman–Crippen LogP) is 4.09. The van der Waals surface area contributed by atoms with Crippen LogP contribution in [0.25, 0.3) is 0 Å². The molecule has 5 heterocycles. The van der Waals surface area contributed by atoms with Crippen LogP contribution in [0.5, 0.6) is 0 Å². The van der Waals surface area contributed by atoms with Crippen molar-refractivity contribution in [1.82, 2.24) is 4.90 Å². The Morgan fingerprint density at radius 1 is 1.00 bits per heavy atom. The van der Waals surface area contributed by atoms with Crippen LogP contribution >= 0.6 is 11.6 Å². The van der Waals surface area contributed by atoms with Crippen molar-refractivity contribution in [3.05, 3.63) is 29.3 Å². The lowest BCUT2D eigenvalue weighted by atomic mass is 9.73. The molecule has 4 bridgehead atoms. The molecular weight excluding hydrogens is 320 g/mol. The Bertz CT molecular complexity index is 598. The monoisotopic (exact) mass is 346 g/mol. The minimum absolute atomic E-state index is 0.348. The van der Waals surface area contributed by atoms with Gasteiger partial charge in [0.15, 0.2) is 0 Å². The number of anilines is 1. The molecule has 0 radical (unpaired) electrons. The summed E-state index contributed by atoms with van der Waals surface area (Å²) >= 11 is 6.41. The first-order chi connectivity index (χ1) is 11.6. The first-order valence-electron chi connectivity index (χ1n) is 9.56. The predicted molar refractivity (Wildman–Crippen MR) is 97.8 cm³/mol. The molecule has 0 saturated carbocycles. The molecule has 1 aromatic rings. The van der Waals surface area contributed by atoms with Crippen molar-refractivity contribution in [1.29, 1.82) is 0 Å². The van der Waals surface area contributed by atoms with Crippen molar-refractivity contribution in [2.75, 3.05) is 18.0 Å². The van der Waals surface area contributed by atoms with Crippen molar-refractivity contribution in [2.24, 2.45) is 0 Å². The van der Waals surface area contributed by atoms with Crippen molar-refractivity contribution in [2.45, 2.75) is 75.3 Å². The van der Waals surface area contributed by atoms with E-state index in [0.29, 0.717) is 17.7 Å². The molecule has 0 N–H and O–H groups in total. The molecule has 5 saturated heterocycles. The summed E-state index contributed by atoms with van der Waals surface area (Å²) in [5.74, 6) is 0. The summed E-state index contributed by atoms with van der Waals surface area (Å²) in [5.41, 5.74) is 1.55. The Balaban J connectivity index is 1.33. The first-order valence-corrected chi connectivity index (χ1v) is 9.93. The lowest BCUT2D eigenvalue weighted by Gasteiger charge is -2.62. The summed E-state index contributed by atoms with van der Waals surface area (Å²) in [7, 11) is 0. The zero-order valence-electron chi connectivity index (χ0n) is 14.5. The Hall–Kier alpha value is -0.770. The highest BCUT2D eigenvalue weighted by Gasteiger charge is 2.53. The standard InChI is InChI=1S/C20H27ClN2O/c1-20(23-14-10-16-12-15(23)13-17(11-14)24-16)6-8-22(9-7-20)19-5-3-2-4-18(19)21/h2-5,14-17H,6-13H2,1H3. The molecule has 4 heteroatoms. The van der Waals surface area contributed by atoms with Crippen LogP contribution in [-0.4, -0.2) is 47.8 Å². The Morgan fingerprint density at radius 2 is 1.58 bits per heavy atom. The number of ether oxygens (including phenoxy) is 1. The van der Waals surface area contributed by atoms with Gasteiger partial charge in [0.25, 0.3) is 0 Å². The highest BCUT2D eigenvalue weighted by atomic mass is 35.5. The van der Waals surface area contributed by atoms with E-state index in [1.165, 1.54) is 44.2 Å². The van der Waals surface area contributed by atoms with E-state index in [4.69, 9.17) is 16.3 Å². The number of rotatable bonds is 2. The minimum atomic E-state index is 0.348. The van der Waals surface area contributed by atoms with E-state index in [1.807, 2.05) is 12.1 Å². The van der Waals surface area contributed by atoms with Crippen LogP contribution < -0.4 is 4.90 Å². The second-order valence-electron chi connectivity index (χ2n) is 8.47. The van der Waals surface area contributed by atoms with E-state index in [-0.39, 0.29) is 0 Å². The van der Waals surface area contributed by atoms with Crippen LogP contribution in [-0.2, 0) is 4.74 Å². The lowest BCUT2D eigenvalue weighted by molar-refractivity contribution is -0.207. The Morgan fingerprint density at radius 3 is 2.17 bits per heavy atom. The van der Waals surface area contributed by atoms with Gasteiger partial charge in [-0.25, -0.2) is 0 Å². The fraction of sp³-hybridized carbons (Fsp3) is 0.700. The van der Waals surface area contributed by atoms with Crippen LogP contribution in [0.4, 0.5) is 5.69 Å². The summed E-state index contributed by atoms with van der Waals surface area (Å²) in [6.45, 7) is 4.74. The molecular formula is C20H27ClN2O. The van der Waals surface area contributed by atoms with Crippen LogP contribution in [0.2, 0.25) is 5.02 Å². The van der Waals surface area contributed by atoms with Gasteiger partial charge in [0, 0.05) is 30.7 Å². The number of hydrogen-bond donors (Lipinski definition) is 0. The van der Waals surface area contributed by atoms with Gasteiger partial charge < -0.3 is 9.64 Å². The summed E-state index contributed by atoms with van der Waals surface area (Å²) in [6, 6.07) is 9.80. The zero-order chi connectivity index (χ0) is 16.3. The largest absolute Gasteiger partial charge is 0.375 e. The maximum absolute atomic E-state index is 6.41.